The molecule has 0 fully saturated rings. The van der Waals surface area contributed by atoms with Crippen LogP contribution in [-0.4, -0.2) is 29.0 Å². The maximum absolute atomic E-state index is 6.59. The molecule has 27 heavy (non-hydrogen) atoms. The summed E-state index contributed by atoms with van der Waals surface area (Å²) in [6.45, 7) is 5.30. The molecule has 1 atom stereocenters. The highest BCUT2D eigenvalue weighted by Crippen LogP contribution is 2.19. The normalized spacial score (nSPS) is 12.7. The van der Waals surface area contributed by atoms with Crippen LogP contribution in [0.5, 0.6) is 0 Å². The van der Waals surface area contributed by atoms with Crippen molar-refractivity contribution in [3.05, 3.63) is 71.9 Å². The summed E-state index contributed by atoms with van der Waals surface area (Å²) in [5.74, 6) is 0. The number of fused-ring (bicyclic) bond motifs is 1. The van der Waals surface area contributed by atoms with Crippen molar-refractivity contribution in [2.45, 2.75) is 51.6 Å². The summed E-state index contributed by atoms with van der Waals surface area (Å²) in [6.07, 6.45) is 8.18. The number of H-pyrrole nitrogens is 1. The second-order valence-electron chi connectivity index (χ2n) is 7.61. The standard InChI is InChI=1S/C24H33N3/c1-2-3-4-10-15-27(18-20-11-6-5-7-12-20)19-22(25)16-21-17-26-24-14-9-8-13-23(21)24/h5-9,11-14,17,22,26H,2-4,10,15-16,18-19,25H2,1H3. The summed E-state index contributed by atoms with van der Waals surface area (Å²) < 4.78 is 0. The van der Waals surface area contributed by atoms with Gasteiger partial charge in [-0.25, -0.2) is 0 Å². The van der Waals surface area contributed by atoms with Gasteiger partial charge in [-0.3, -0.25) is 4.90 Å². The van der Waals surface area contributed by atoms with Crippen LogP contribution in [0.3, 0.4) is 0 Å². The van der Waals surface area contributed by atoms with E-state index in [2.05, 4.69) is 77.6 Å². The minimum atomic E-state index is 0.138. The van der Waals surface area contributed by atoms with Crippen LogP contribution >= 0.6 is 0 Å². The number of aromatic amines is 1. The van der Waals surface area contributed by atoms with Crippen LogP contribution in [0.2, 0.25) is 0 Å². The minimum absolute atomic E-state index is 0.138. The average molecular weight is 364 g/mol. The number of aromatic nitrogens is 1. The molecule has 0 aliphatic carbocycles. The summed E-state index contributed by atoms with van der Waals surface area (Å²) in [4.78, 5) is 5.90. The van der Waals surface area contributed by atoms with Gasteiger partial charge in [-0.15, -0.1) is 0 Å². The Kier molecular flexibility index (Phi) is 7.49. The first kappa shape index (κ1) is 19.7. The largest absolute Gasteiger partial charge is 0.361 e. The van der Waals surface area contributed by atoms with Crippen molar-refractivity contribution < 1.29 is 0 Å². The number of unbranched alkanes of at least 4 members (excludes halogenated alkanes) is 3. The van der Waals surface area contributed by atoms with Gasteiger partial charge in [0.25, 0.3) is 0 Å². The molecule has 3 nitrogen and oxygen atoms in total. The number of rotatable bonds is 11. The fourth-order valence-corrected chi connectivity index (χ4v) is 3.82. The Morgan fingerprint density at radius 1 is 0.963 bits per heavy atom. The zero-order valence-electron chi connectivity index (χ0n) is 16.5. The van der Waals surface area contributed by atoms with Crippen LogP contribution in [-0.2, 0) is 13.0 Å². The number of hydrogen-bond donors (Lipinski definition) is 2. The molecule has 1 heterocycles. The molecule has 0 aliphatic rings. The Hall–Kier alpha value is -2.10. The fourth-order valence-electron chi connectivity index (χ4n) is 3.82. The van der Waals surface area contributed by atoms with Gasteiger partial charge < -0.3 is 10.7 Å². The molecular formula is C24H33N3. The molecule has 2 aromatic carbocycles. The zero-order valence-corrected chi connectivity index (χ0v) is 16.5. The third-order valence-electron chi connectivity index (χ3n) is 5.23. The van der Waals surface area contributed by atoms with Gasteiger partial charge in [-0.1, -0.05) is 74.7 Å². The van der Waals surface area contributed by atoms with Gasteiger partial charge in [-0.05, 0) is 36.6 Å². The second-order valence-corrected chi connectivity index (χ2v) is 7.61. The molecule has 0 amide bonds. The van der Waals surface area contributed by atoms with Crippen molar-refractivity contribution in [1.29, 1.82) is 0 Å². The maximum Gasteiger partial charge on any atom is 0.0456 e. The molecule has 1 aromatic heterocycles. The van der Waals surface area contributed by atoms with Gasteiger partial charge in [-0.2, -0.15) is 0 Å². The van der Waals surface area contributed by atoms with E-state index in [-0.39, 0.29) is 6.04 Å². The van der Waals surface area contributed by atoms with Crippen LogP contribution in [0.15, 0.2) is 60.8 Å². The second kappa shape index (κ2) is 10.3. The third-order valence-corrected chi connectivity index (χ3v) is 5.23. The monoisotopic (exact) mass is 363 g/mol. The van der Waals surface area contributed by atoms with Gasteiger partial charge in [0.1, 0.15) is 0 Å². The first-order valence-corrected chi connectivity index (χ1v) is 10.3. The molecule has 3 N–H and O–H groups in total. The molecule has 1 unspecified atom stereocenters. The topological polar surface area (TPSA) is 45.0 Å². The molecule has 0 radical (unpaired) electrons. The maximum atomic E-state index is 6.59. The van der Waals surface area contributed by atoms with Gasteiger partial charge in [0.2, 0.25) is 0 Å². The molecule has 3 heteroatoms. The molecule has 3 rings (SSSR count). The summed E-state index contributed by atoms with van der Waals surface area (Å²) in [5, 5.41) is 1.30. The highest BCUT2D eigenvalue weighted by molar-refractivity contribution is 5.83. The Morgan fingerprint density at radius 2 is 1.74 bits per heavy atom. The molecule has 0 saturated carbocycles. The van der Waals surface area contributed by atoms with E-state index in [1.807, 2.05) is 0 Å². The number of para-hydroxylation sites is 1. The van der Waals surface area contributed by atoms with Gasteiger partial charge in [0, 0.05) is 36.2 Å². The number of nitrogens with zero attached hydrogens (tertiary/aromatic N) is 1. The Balaban J connectivity index is 1.60. The Morgan fingerprint density at radius 3 is 2.56 bits per heavy atom. The van der Waals surface area contributed by atoms with Crippen molar-refractivity contribution in [3.63, 3.8) is 0 Å². The number of hydrogen-bond acceptors (Lipinski definition) is 2. The van der Waals surface area contributed by atoms with E-state index >= 15 is 0 Å². The summed E-state index contributed by atoms with van der Waals surface area (Å²) in [7, 11) is 0. The van der Waals surface area contributed by atoms with Crippen LogP contribution in [0.25, 0.3) is 10.9 Å². The van der Waals surface area contributed by atoms with E-state index in [1.54, 1.807) is 0 Å². The fraction of sp³-hybridized carbons (Fsp3) is 0.417. The lowest BCUT2D eigenvalue weighted by molar-refractivity contribution is 0.242. The Bertz CT molecular complexity index is 794. The molecule has 144 valence electrons. The van der Waals surface area contributed by atoms with Gasteiger partial charge in [0.15, 0.2) is 0 Å². The smallest absolute Gasteiger partial charge is 0.0456 e. The number of benzene rings is 2. The number of nitrogens with two attached hydrogens (primary N) is 1. The van der Waals surface area contributed by atoms with Crippen LogP contribution in [0.1, 0.15) is 43.7 Å². The van der Waals surface area contributed by atoms with Crippen LogP contribution in [0.4, 0.5) is 0 Å². The lowest BCUT2D eigenvalue weighted by Gasteiger charge is -2.26. The van der Waals surface area contributed by atoms with Crippen molar-refractivity contribution in [2.75, 3.05) is 13.1 Å². The lowest BCUT2D eigenvalue weighted by atomic mass is 10.0. The van der Waals surface area contributed by atoms with E-state index in [1.165, 1.54) is 47.7 Å². The van der Waals surface area contributed by atoms with Crippen molar-refractivity contribution >= 4 is 10.9 Å². The third kappa shape index (κ3) is 5.95. The first-order valence-electron chi connectivity index (χ1n) is 10.3. The van der Waals surface area contributed by atoms with Crippen LogP contribution in [0, 0.1) is 0 Å². The Labute approximate surface area is 163 Å². The summed E-state index contributed by atoms with van der Waals surface area (Å²) in [6, 6.07) is 19.4. The summed E-state index contributed by atoms with van der Waals surface area (Å²) in [5.41, 5.74) is 10.5. The molecule has 0 saturated heterocycles. The number of nitrogens with one attached hydrogen (secondary N) is 1. The van der Waals surface area contributed by atoms with Crippen molar-refractivity contribution in [1.82, 2.24) is 9.88 Å². The van der Waals surface area contributed by atoms with Gasteiger partial charge in [0.05, 0.1) is 0 Å². The van der Waals surface area contributed by atoms with E-state index in [9.17, 15) is 0 Å². The van der Waals surface area contributed by atoms with E-state index in [4.69, 9.17) is 5.73 Å². The molecular weight excluding hydrogens is 330 g/mol. The van der Waals surface area contributed by atoms with Gasteiger partial charge >= 0.3 is 0 Å². The highest BCUT2D eigenvalue weighted by atomic mass is 15.1. The quantitative estimate of drug-likeness (QED) is 0.464. The predicted molar refractivity (Wildman–Crippen MR) is 116 cm³/mol. The molecule has 0 spiro atoms. The lowest BCUT2D eigenvalue weighted by Crippen LogP contribution is -2.39. The molecule has 0 aliphatic heterocycles. The van der Waals surface area contributed by atoms with E-state index in [0.29, 0.717) is 0 Å². The van der Waals surface area contributed by atoms with Crippen LogP contribution < -0.4 is 5.73 Å². The average Bonchev–Trinajstić information content (AvgIpc) is 3.09. The highest BCUT2D eigenvalue weighted by Gasteiger charge is 2.14. The SMILES string of the molecule is CCCCCCN(Cc1ccccc1)CC(N)Cc1c[nH]c2ccccc12. The summed E-state index contributed by atoms with van der Waals surface area (Å²) >= 11 is 0. The van der Waals surface area contributed by atoms with Crippen molar-refractivity contribution in [3.8, 4) is 0 Å². The zero-order chi connectivity index (χ0) is 18.9. The first-order chi connectivity index (χ1) is 13.3. The predicted octanol–water partition coefficient (Wildman–Crippen LogP) is 5.12. The molecule has 3 aromatic rings. The van der Waals surface area contributed by atoms with E-state index in [0.717, 1.165) is 26.1 Å². The molecule has 0 bridgehead atoms. The van der Waals surface area contributed by atoms with E-state index < -0.39 is 0 Å². The minimum Gasteiger partial charge on any atom is -0.361 e. The van der Waals surface area contributed by atoms with Crippen molar-refractivity contribution in [2.24, 2.45) is 5.73 Å².